The van der Waals surface area contributed by atoms with Crippen molar-refractivity contribution >= 4 is 34.5 Å². The van der Waals surface area contributed by atoms with Crippen LogP contribution in [0.4, 0.5) is 5.69 Å². The lowest BCUT2D eigenvalue weighted by Gasteiger charge is -2.38. The van der Waals surface area contributed by atoms with Crippen LogP contribution in [-0.2, 0) is 14.3 Å². The van der Waals surface area contributed by atoms with E-state index in [1.807, 2.05) is 5.38 Å². The van der Waals surface area contributed by atoms with E-state index < -0.39 is 5.97 Å². The number of rotatable bonds is 5. The molecule has 6 nitrogen and oxygen atoms in total. The van der Waals surface area contributed by atoms with E-state index in [4.69, 9.17) is 9.47 Å². The van der Waals surface area contributed by atoms with Gasteiger partial charge in [-0.3, -0.25) is 4.79 Å². The molecule has 1 amide bonds. The number of hydrogen-bond acceptors (Lipinski definition) is 5. The molecule has 2 fully saturated rings. The lowest BCUT2D eigenvalue weighted by molar-refractivity contribution is -0.131. The number of carbonyl (C=O) groups excluding carboxylic acids is 1. The fourth-order valence-electron chi connectivity index (χ4n) is 4.85. The van der Waals surface area contributed by atoms with Crippen molar-refractivity contribution in [1.29, 1.82) is 0 Å². The summed E-state index contributed by atoms with van der Waals surface area (Å²) < 4.78 is 11.1. The van der Waals surface area contributed by atoms with Gasteiger partial charge in [0, 0.05) is 16.9 Å². The van der Waals surface area contributed by atoms with E-state index in [1.54, 1.807) is 4.90 Å². The molecule has 0 radical (unpaired) electrons. The van der Waals surface area contributed by atoms with Crippen LogP contribution in [0.2, 0.25) is 0 Å². The maximum Gasteiger partial charge on any atom is 0.348 e. The Balaban J connectivity index is 1.76. The van der Waals surface area contributed by atoms with Crippen molar-refractivity contribution < 1.29 is 24.2 Å². The van der Waals surface area contributed by atoms with E-state index in [0.29, 0.717) is 24.8 Å². The number of nitrogens with zero attached hydrogens (tertiary/aromatic N) is 1. The van der Waals surface area contributed by atoms with Crippen LogP contribution in [-0.4, -0.2) is 43.0 Å². The number of carbonyl (C=O) groups is 2. The van der Waals surface area contributed by atoms with E-state index >= 15 is 0 Å². The van der Waals surface area contributed by atoms with E-state index in [0.717, 1.165) is 62.5 Å². The number of aromatic carboxylic acids is 1. The summed E-state index contributed by atoms with van der Waals surface area (Å²) in [5.74, 6) is -0.384. The third-order valence-electron chi connectivity index (χ3n) is 6.59. The SMILES string of the molecule is CC1CCC(C(=O)N(c2c(C3=CCCCC3)csc2C(=O)O)C2COCOC2)CC1. The molecule has 164 valence electrons. The predicted octanol–water partition coefficient (Wildman–Crippen LogP) is 4.94. The molecule has 0 unspecified atom stereocenters. The van der Waals surface area contributed by atoms with Crippen LogP contribution in [0.25, 0.3) is 5.57 Å². The molecular formula is C23H31NO5S. The summed E-state index contributed by atoms with van der Waals surface area (Å²) in [6.45, 7) is 3.17. The first kappa shape index (κ1) is 21.5. The zero-order chi connectivity index (χ0) is 21.1. The van der Waals surface area contributed by atoms with Crippen LogP contribution >= 0.6 is 11.3 Å². The van der Waals surface area contributed by atoms with Gasteiger partial charge in [0.05, 0.1) is 24.9 Å². The van der Waals surface area contributed by atoms with Crippen molar-refractivity contribution in [3.05, 3.63) is 21.9 Å². The second-order valence-corrected chi connectivity index (χ2v) is 9.67. The van der Waals surface area contributed by atoms with Gasteiger partial charge in [-0.1, -0.05) is 13.0 Å². The molecule has 1 aromatic rings. The summed E-state index contributed by atoms with van der Waals surface area (Å²) in [6, 6.07) is -0.304. The fraction of sp³-hybridized carbons (Fsp3) is 0.652. The Morgan fingerprint density at radius 1 is 1.13 bits per heavy atom. The Kier molecular flexibility index (Phi) is 6.91. The predicted molar refractivity (Wildman–Crippen MR) is 117 cm³/mol. The van der Waals surface area contributed by atoms with Gasteiger partial charge in [0.2, 0.25) is 5.91 Å². The first-order chi connectivity index (χ1) is 14.6. The zero-order valence-electron chi connectivity index (χ0n) is 17.6. The maximum atomic E-state index is 13.8. The number of thiophene rings is 1. The third kappa shape index (κ3) is 4.48. The second kappa shape index (κ2) is 9.62. The minimum absolute atomic E-state index is 0.0274. The summed E-state index contributed by atoms with van der Waals surface area (Å²) in [5, 5.41) is 11.9. The molecule has 1 saturated carbocycles. The molecule has 4 rings (SSSR count). The lowest BCUT2D eigenvalue weighted by Crippen LogP contribution is -2.51. The van der Waals surface area contributed by atoms with Gasteiger partial charge in [-0.05, 0) is 62.9 Å². The Morgan fingerprint density at radius 3 is 2.50 bits per heavy atom. The molecule has 7 heteroatoms. The average molecular weight is 434 g/mol. The van der Waals surface area contributed by atoms with Crippen LogP contribution in [0, 0.1) is 11.8 Å². The highest BCUT2D eigenvalue weighted by Gasteiger charge is 2.38. The Morgan fingerprint density at radius 2 is 1.87 bits per heavy atom. The van der Waals surface area contributed by atoms with Crippen molar-refractivity contribution in [3.8, 4) is 0 Å². The molecule has 1 saturated heterocycles. The molecule has 2 aliphatic carbocycles. The molecule has 1 aromatic heterocycles. The standard InChI is InChI=1S/C23H31NO5S/c1-15-7-9-17(10-8-15)22(25)24(18-11-28-14-29-12-18)20-19(13-30-21(20)23(26)27)16-5-3-2-4-6-16/h5,13,15,17-18H,2-4,6-12,14H2,1H3,(H,26,27). The highest BCUT2D eigenvalue weighted by atomic mass is 32.1. The average Bonchev–Trinajstić information content (AvgIpc) is 3.21. The van der Waals surface area contributed by atoms with E-state index in [2.05, 4.69) is 13.0 Å². The Bertz CT molecular complexity index is 803. The van der Waals surface area contributed by atoms with E-state index in [9.17, 15) is 14.7 Å². The summed E-state index contributed by atoms with van der Waals surface area (Å²) in [7, 11) is 0. The third-order valence-corrected chi connectivity index (χ3v) is 7.55. The highest BCUT2D eigenvalue weighted by Crippen LogP contribution is 2.42. The molecule has 0 spiro atoms. The van der Waals surface area contributed by atoms with Gasteiger partial charge in [-0.2, -0.15) is 0 Å². The fourth-order valence-corrected chi connectivity index (χ4v) is 5.77. The van der Waals surface area contributed by atoms with Gasteiger partial charge in [-0.25, -0.2) is 4.79 Å². The number of anilines is 1. The number of carboxylic acids is 1. The zero-order valence-corrected chi connectivity index (χ0v) is 18.4. The highest BCUT2D eigenvalue weighted by molar-refractivity contribution is 7.13. The first-order valence-electron chi connectivity index (χ1n) is 11.1. The molecular weight excluding hydrogens is 402 g/mol. The summed E-state index contributed by atoms with van der Waals surface area (Å²) in [5.41, 5.74) is 2.62. The van der Waals surface area contributed by atoms with Crippen molar-refractivity contribution in [2.45, 2.75) is 64.3 Å². The van der Waals surface area contributed by atoms with Gasteiger partial charge >= 0.3 is 5.97 Å². The summed E-state index contributed by atoms with van der Waals surface area (Å²) in [6.07, 6.45) is 10.2. The number of amides is 1. The van der Waals surface area contributed by atoms with Crippen LogP contribution in [0.3, 0.4) is 0 Å². The molecule has 1 N–H and O–H groups in total. The molecule has 30 heavy (non-hydrogen) atoms. The number of hydrogen-bond donors (Lipinski definition) is 1. The maximum absolute atomic E-state index is 13.8. The number of carboxylic acid groups (broad SMARTS) is 1. The molecule has 2 heterocycles. The first-order valence-corrected chi connectivity index (χ1v) is 12.0. The van der Waals surface area contributed by atoms with Crippen LogP contribution < -0.4 is 4.90 Å². The van der Waals surface area contributed by atoms with Crippen molar-refractivity contribution in [2.75, 3.05) is 24.9 Å². The van der Waals surface area contributed by atoms with Gasteiger partial charge in [0.25, 0.3) is 0 Å². The largest absolute Gasteiger partial charge is 0.477 e. The Hall–Kier alpha value is -1.70. The number of allylic oxidation sites excluding steroid dienone is 2. The molecule has 0 bridgehead atoms. The van der Waals surface area contributed by atoms with Crippen molar-refractivity contribution in [2.24, 2.45) is 11.8 Å². The molecule has 1 aliphatic heterocycles. The van der Waals surface area contributed by atoms with E-state index in [1.165, 1.54) is 11.3 Å². The topological polar surface area (TPSA) is 76.1 Å². The minimum atomic E-state index is -0.981. The van der Waals surface area contributed by atoms with Gasteiger partial charge < -0.3 is 19.5 Å². The normalized spacial score (nSPS) is 25.6. The minimum Gasteiger partial charge on any atom is -0.477 e. The lowest BCUT2D eigenvalue weighted by atomic mass is 9.82. The summed E-state index contributed by atoms with van der Waals surface area (Å²) in [4.78, 5) is 27.9. The van der Waals surface area contributed by atoms with Crippen LogP contribution in [0.5, 0.6) is 0 Å². The van der Waals surface area contributed by atoms with Crippen molar-refractivity contribution in [1.82, 2.24) is 0 Å². The molecule has 3 aliphatic rings. The van der Waals surface area contributed by atoms with Gasteiger partial charge in [0.1, 0.15) is 11.7 Å². The monoisotopic (exact) mass is 433 g/mol. The Labute approximate surface area is 181 Å². The van der Waals surface area contributed by atoms with E-state index in [-0.39, 0.29) is 29.5 Å². The smallest absolute Gasteiger partial charge is 0.348 e. The second-order valence-electron chi connectivity index (χ2n) is 8.79. The van der Waals surface area contributed by atoms with Gasteiger partial charge in [-0.15, -0.1) is 11.3 Å². The number of ether oxygens (including phenoxy) is 2. The quantitative estimate of drug-likeness (QED) is 0.712. The summed E-state index contributed by atoms with van der Waals surface area (Å²) >= 11 is 1.22. The van der Waals surface area contributed by atoms with Crippen molar-refractivity contribution in [3.63, 3.8) is 0 Å². The van der Waals surface area contributed by atoms with Gasteiger partial charge in [0.15, 0.2) is 0 Å². The molecule has 0 aromatic carbocycles. The van der Waals surface area contributed by atoms with Crippen LogP contribution in [0.15, 0.2) is 11.5 Å². The van der Waals surface area contributed by atoms with Crippen LogP contribution in [0.1, 0.15) is 73.5 Å². The molecule has 0 atom stereocenters.